The fourth-order valence-corrected chi connectivity index (χ4v) is 1.84. The molecule has 0 fully saturated rings. The van der Waals surface area contributed by atoms with E-state index in [1.165, 1.54) is 6.92 Å². The van der Waals surface area contributed by atoms with E-state index >= 15 is 0 Å². The highest BCUT2D eigenvalue weighted by Gasteiger charge is 2.21. The summed E-state index contributed by atoms with van der Waals surface area (Å²) in [5, 5.41) is 0. The number of carbonyl (C=O) groups excluding carboxylic acids is 1. The van der Waals surface area contributed by atoms with E-state index in [0.29, 0.717) is 11.8 Å². The molecule has 2 aromatic carbocycles. The molecule has 0 aliphatic rings. The Hall–Kier alpha value is -2.23. The second-order valence-electron chi connectivity index (χ2n) is 4.51. The first-order valence-electron chi connectivity index (χ1n) is 6.20. The highest BCUT2D eigenvalue weighted by atomic mass is 19.1. The van der Waals surface area contributed by atoms with Gasteiger partial charge in [0, 0.05) is 6.07 Å². The molecular formula is C16H14F2O2. The zero-order chi connectivity index (χ0) is 14.7. The maximum Gasteiger partial charge on any atom is 0.205 e. The van der Waals surface area contributed by atoms with Crippen LogP contribution in [0.5, 0.6) is 5.75 Å². The number of Topliss-reactive ketones (excluding diaryl/α,β-unsaturated/α-hetero) is 1. The Morgan fingerprint density at radius 3 is 2.50 bits per heavy atom. The number of carbonyl (C=O) groups is 1. The zero-order valence-electron chi connectivity index (χ0n) is 11.2. The van der Waals surface area contributed by atoms with E-state index in [-0.39, 0.29) is 5.56 Å². The lowest BCUT2D eigenvalue weighted by Gasteiger charge is -2.15. The van der Waals surface area contributed by atoms with Crippen LogP contribution in [0.4, 0.5) is 8.78 Å². The molecule has 1 unspecified atom stereocenters. The van der Waals surface area contributed by atoms with Crippen LogP contribution >= 0.6 is 0 Å². The van der Waals surface area contributed by atoms with Crippen molar-refractivity contribution in [2.75, 3.05) is 0 Å². The Balaban J connectivity index is 2.19. The van der Waals surface area contributed by atoms with Gasteiger partial charge in [-0.15, -0.1) is 0 Å². The van der Waals surface area contributed by atoms with Crippen molar-refractivity contribution in [3.8, 4) is 5.75 Å². The largest absolute Gasteiger partial charge is 0.482 e. The summed E-state index contributed by atoms with van der Waals surface area (Å²) in [5.41, 5.74) is 0.708. The van der Waals surface area contributed by atoms with Gasteiger partial charge in [0.15, 0.2) is 6.10 Å². The third-order valence-electron chi connectivity index (χ3n) is 2.96. The first-order chi connectivity index (χ1) is 9.49. The predicted octanol–water partition coefficient (Wildman–Crippen LogP) is 3.92. The molecule has 2 nitrogen and oxygen atoms in total. The molecule has 0 saturated heterocycles. The lowest BCUT2D eigenvalue weighted by Crippen LogP contribution is -2.25. The van der Waals surface area contributed by atoms with Crippen molar-refractivity contribution in [2.45, 2.75) is 20.0 Å². The number of rotatable bonds is 4. The summed E-state index contributed by atoms with van der Waals surface area (Å²) in [7, 11) is 0. The van der Waals surface area contributed by atoms with Gasteiger partial charge in [-0.2, -0.15) is 0 Å². The summed E-state index contributed by atoms with van der Waals surface area (Å²) >= 11 is 0. The fourth-order valence-electron chi connectivity index (χ4n) is 1.84. The van der Waals surface area contributed by atoms with E-state index in [9.17, 15) is 13.6 Å². The molecule has 0 radical (unpaired) electrons. The molecule has 0 bridgehead atoms. The molecule has 0 amide bonds. The molecular weight excluding hydrogens is 262 g/mol. The Morgan fingerprint density at radius 2 is 1.85 bits per heavy atom. The van der Waals surface area contributed by atoms with Gasteiger partial charge in [-0.3, -0.25) is 4.79 Å². The molecule has 2 rings (SSSR count). The van der Waals surface area contributed by atoms with Crippen LogP contribution in [0.15, 0.2) is 42.5 Å². The minimum Gasteiger partial charge on any atom is -0.482 e. The van der Waals surface area contributed by atoms with E-state index in [1.807, 2.05) is 19.1 Å². The molecule has 0 aliphatic heterocycles. The smallest absolute Gasteiger partial charge is 0.205 e. The summed E-state index contributed by atoms with van der Waals surface area (Å²) in [4.78, 5) is 12.1. The number of ketones is 1. The third kappa shape index (κ3) is 3.02. The molecule has 0 aliphatic carbocycles. The van der Waals surface area contributed by atoms with Crippen molar-refractivity contribution in [2.24, 2.45) is 0 Å². The van der Waals surface area contributed by atoms with Gasteiger partial charge < -0.3 is 4.74 Å². The molecule has 1 atom stereocenters. The van der Waals surface area contributed by atoms with Crippen LogP contribution in [0.2, 0.25) is 0 Å². The number of para-hydroxylation sites is 1. The summed E-state index contributed by atoms with van der Waals surface area (Å²) < 4.78 is 31.9. The lowest BCUT2D eigenvalue weighted by molar-refractivity contribution is 0.0813. The average molecular weight is 276 g/mol. The van der Waals surface area contributed by atoms with Crippen molar-refractivity contribution in [3.05, 3.63) is 65.2 Å². The second kappa shape index (κ2) is 5.82. The normalized spacial score (nSPS) is 12.0. The molecule has 2 aromatic rings. The van der Waals surface area contributed by atoms with Crippen LogP contribution in [0.3, 0.4) is 0 Å². The molecule has 4 heteroatoms. The SMILES string of the molecule is Cc1ccccc1OC(C)C(=O)c1ccc(F)cc1F. The number of hydrogen-bond acceptors (Lipinski definition) is 2. The van der Waals surface area contributed by atoms with Gasteiger partial charge in [0.1, 0.15) is 17.4 Å². The molecule has 20 heavy (non-hydrogen) atoms. The van der Waals surface area contributed by atoms with Crippen LogP contribution in [0.25, 0.3) is 0 Å². The van der Waals surface area contributed by atoms with Crippen LogP contribution in [0, 0.1) is 18.6 Å². The minimum atomic E-state index is -0.879. The molecule has 0 saturated carbocycles. The third-order valence-corrected chi connectivity index (χ3v) is 2.96. The maximum absolute atomic E-state index is 13.6. The number of aryl methyl sites for hydroxylation is 1. The van der Waals surface area contributed by atoms with Crippen LogP contribution in [-0.4, -0.2) is 11.9 Å². The summed E-state index contributed by atoms with van der Waals surface area (Å²) in [6.45, 7) is 3.39. The Labute approximate surface area is 116 Å². The Kier molecular flexibility index (Phi) is 4.13. The monoisotopic (exact) mass is 276 g/mol. The van der Waals surface area contributed by atoms with Crippen molar-refractivity contribution in [3.63, 3.8) is 0 Å². The first kappa shape index (κ1) is 14.2. The number of benzene rings is 2. The predicted molar refractivity (Wildman–Crippen MR) is 72.0 cm³/mol. The fraction of sp³-hybridized carbons (Fsp3) is 0.188. The Bertz CT molecular complexity index is 638. The average Bonchev–Trinajstić information content (AvgIpc) is 2.40. The van der Waals surface area contributed by atoms with Crippen molar-refractivity contribution >= 4 is 5.78 Å². The number of ether oxygens (including phenoxy) is 1. The lowest BCUT2D eigenvalue weighted by atomic mass is 10.1. The van der Waals surface area contributed by atoms with E-state index in [1.54, 1.807) is 12.1 Å². The molecule has 0 heterocycles. The van der Waals surface area contributed by atoms with E-state index in [4.69, 9.17) is 4.74 Å². The molecule has 104 valence electrons. The van der Waals surface area contributed by atoms with Gasteiger partial charge in [0.25, 0.3) is 0 Å². The molecule has 0 aromatic heterocycles. The topological polar surface area (TPSA) is 26.3 Å². The highest BCUT2D eigenvalue weighted by Crippen LogP contribution is 2.20. The molecule has 0 spiro atoms. The van der Waals surface area contributed by atoms with Gasteiger partial charge >= 0.3 is 0 Å². The van der Waals surface area contributed by atoms with Gasteiger partial charge in [0.05, 0.1) is 5.56 Å². The zero-order valence-corrected chi connectivity index (χ0v) is 11.2. The quantitative estimate of drug-likeness (QED) is 0.791. The van der Waals surface area contributed by atoms with Crippen LogP contribution < -0.4 is 4.74 Å². The van der Waals surface area contributed by atoms with Crippen molar-refractivity contribution in [1.82, 2.24) is 0 Å². The number of halogens is 2. The van der Waals surface area contributed by atoms with Crippen molar-refractivity contribution in [1.29, 1.82) is 0 Å². The van der Waals surface area contributed by atoms with Crippen LogP contribution in [0.1, 0.15) is 22.8 Å². The highest BCUT2D eigenvalue weighted by molar-refractivity contribution is 5.99. The minimum absolute atomic E-state index is 0.174. The first-order valence-corrected chi connectivity index (χ1v) is 6.20. The van der Waals surface area contributed by atoms with E-state index in [2.05, 4.69) is 0 Å². The standard InChI is InChI=1S/C16H14F2O2/c1-10-5-3-4-6-15(10)20-11(2)16(19)13-8-7-12(17)9-14(13)18/h3-9,11H,1-2H3. The van der Waals surface area contributed by atoms with Gasteiger partial charge in [-0.1, -0.05) is 18.2 Å². The maximum atomic E-state index is 13.6. The van der Waals surface area contributed by atoms with Crippen LogP contribution in [-0.2, 0) is 0 Å². The van der Waals surface area contributed by atoms with Gasteiger partial charge in [-0.25, -0.2) is 8.78 Å². The van der Waals surface area contributed by atoms with Crippen molar-refractivity contribution < 1.29 is 18.3 Å². The number of hydrogen-bond donors (Lipinski definition) is 0. The van der Waals surface area contributed by atoms with Gasteiger partial charge in [0.2, 0.25) is 5.78 Å². The van der Waals surface area contributed by atoms with E-state index < -0.39 is 23.5 Å². The summed E-state index contributed by atoms with van der Waals surface area (Å²) in [6.07, 6.45) is -0.851. The summed E-state index contributed by atoms with van der Waals surface area (Å²) in [5.74, 6) is -1.55. The second-order valence-corrected chi connectivity index (χ2v) is 4.51. The van der Waals surface area contributed by atoms with E-state index in [0.717, 1.165) is 17.7 Å². The van der Waals surface area contributed by atoms with Gasteiger partial charge in [-0.05, 0) is 37.6 Å². The Morgan fingerprint density at radius 1 is 1.15 bits per heavy atom. The molecule has 0 N–H and O–H groups in total. The summed E-state index contributed by atoms with van der Waals surface area (Å²) in [6, 6.07) is 10.1.